The van der Waals surface area contributed by atoms with E-state index in [0.29, 0.717) is 17.6 Å². The predicted molar refractivity (Wildman–Crippen MR) is 115 cm³/mol. The molecule has 0 saturated carbocycles. The number of carboxylic acid groups (broad SMARTS) is 1. The molecular formula is C23H17N5O3. The third-order valence-electron chi connectivity index (χ3n) is 5.07. The third-order valence-corrected chi connectivity index (χ3v) is 5.07. The van der Waals surface area contributed by atoms with Gasteiger partial charge in [0, 0.05) is 18.9 Å². The fraction of sp³-hybridized carbons (Fsp3) is 0.0435. The minimum absolute atomic E-state index is 0.0132. The van der Waals surface area contributed by atoms with Gasteiger partial charge in [-0.2, -0.15) is 5.10 Å². The van der Waals surface area contributed by atoms with Gasteiger partial charge in [0.05, 0.1) is 17.3 Å². The van der Waals surface area contributed by atoms with Gasteiger partial charge in [-0.15, -0.1) is 0 Å². The maximum absolute atomic E-state index is 12.8. The summed E-state index contributed by atoms with van der Waals surface area (Å²) in [7, 11) is 0. The Morgan fingerprint density at radius 2 is 1.74 bits per heavy atom. The van der Waals surface area contributed by atoms with Crippen LogP contribution in [0.25, 0.3) is 28.1 Å². The summed E-state index contributed by atoms with van der Waals surface area (Å²) in [6, 6.07) is 20.1. The number of aromatic nitrogens is 5. The fourth-order valence-corrected chi connectivity index (χ4v) is 3.52. The predicted octanol–water partition coefficient (Wildman–Crippen LogP) is 3.32. The van der Waals surface area contributed by atoms with Crippen LogP contribution >= 0.6 is 0 Å². The highest BCUT2D eigenvalue weighted by atomic mass is 16.4. The van der Waals surface area contributed by atoms with Gasteiger partial charge in [-0.1, -0.05) is 54.6 Å². The first kappa shape index (κ1) is 18.6. The van der Waals surface area contributed by atoms with Crippen LogP contribution in [0.4, 0.5) is 0 Å². The molecule has 0 unspecified atom stereocenters. The lowest BCUT2D eigenvalue weighted by molar-refractivity contribution is 0.0697. The van der Waals surface area contributed by atoms with Gasteiger partial charge in [0.1, 0.15) is 5.52 Å². The van der Waals surface area contributed by atoms with Crippen LogP contribution in [0.3, 0.4) is 0 Å². The number of carbonyl (C=O) groups is 1. The van der Waals surface area contributed by atoms with Gasteiger partial charge in [-0.05, 0) is 22.8 Å². The monoisotopic (exact) mass is 411 g/mol. The maximum Gasteiger partial charge on any atom is 0.338 e. The molecule has 2 N–H and O–H groups in total. The van der Waals surface area contributed by atoms with Crippen molar-refractivity contribution < 1.29 is 9.90 Å². The number of rotatable bonds is 5. The second-order valence-electron chi connectivity index (χ2n) is 7.11. The SMILES string of the molecule is O=C(O)c1cnn(-c2nc3ccn(Cc4ccc(-c5ccccc5)cc4)c3c(=O)[nH]2)c1. The lowest BCUT2D eigenvalue weighted by Gasteiger charge is -2.07. The molecule has 5 aromatic rings. The Morgan fingerprint density at radius 1 is 1.00 bits per heavy atom. The molecule has 0 fully saturated rings. The van der Waals surface area contributed by atoms with Crippen LogP contribution in [0, 0.1) is 0 Å². The zero-order chi connectivity index (χ0) is 21.4. The average Bonchev–Trinajstić information content (AvgIpc) is 3.43. The summed E-state index contributed by atoms with van der Waals surface area (Å²) in [5.41, 5.74) is 3.98. The van der Waals surface area contributed by atoms with Crippen molar-refractivity contribution in [3.8, 4) is 17.1 Å². The maximum atomic E-state index is 12.8. The summed E-state index contributed by atoms with van der Waals surface area (Å²) in [6.07, 6.45) is 4.32. The van der Waals surface area contributed by atoms with Crippen LogP contribution in [0.5, 0.6) is 0 Å². The smallest absolute Gasteiger partial charge is 0.338 e. The number of nitrogens with one attached hydrogen (secondary N) is 1. The first-order valence-corrected chi connectivity index (χ1v) is 9.60. The number of H-pyrrole nitrogens is 1. The molecule has 0 saturated heterocycles. The highest BCUT2D eigenvalue weighted by Gasteiger charge is 2.13. The van der Waals surface area contributed by atoms with Crippen LogP contribution in [0.1, 0.15) is 15.9 Å². The standard InChI is InChI=1S/C23H17N5O3/c29-21-20-19(25-23(26-21)28-14-18(12-24-28)22(30)31)10-11-27(20)13-15-6-8-17(9-7-15)16-4-2-1-3-5-16/h1-12,14H,13H2,(H,30,31)(H,25,26,29). The van der Waals surface area contributed by atoms with Crippen LogP contribution < -0.4 is 5.56 Å². The van der Waals surface area contributed by atoms with Gasteiger partial charge in [0.25, 0.3) is 5.56 Å². The Balaban J connectivity index is 1.44. The second kappa shape index (κ2) is 7.42. The molecule has 0 amide bonds. The Hall–Kier alpha value is -4.46. The molecule has 152 valence electrons. The van der Waals surface area contributed by atoms with Crippen molar-refractivity contribution in [2.45, 2.75) is 6.54 Å². The quantitative estimate of drug-likeness (QED) is 0.461. The van der Waals surface area contributed by atoms with Crippen molar-refractivity contribution >= 4 is 17.0 Å². The summed E-state index contributed by atoms with van der Waals surface area (Å²) in [5, 5.41) is 13.0. The van der Waals surface area contributed by atoms with Crippen molar-refractivity contribution in [3.63, 3.8) is 0 Å². The molecule has 8 heteroatoms. The summed E-state index contributed by atoms with van der Waals surface area (Å²) in [6.45, 7) is 0.521. The van der Waals surface area contributed by atoms with Crippen LogP contribution in [-0.4, -0.2) is 35.4 Å². The average molecular weight is 411 g/mol. The topological polar surface area (TPSA) is 106 Å². The summed E-state index contributed by atoms with van der Waals surface area (Å²) in [4.78, 5) is 30.9. The van der Waals surface area contributed by atoms with E-state index in [1.165, 1.54) is 17.1 Å². The molecule has 2 aromatic carbocycles. The zero-order valence-corrected chi connectivity index (χ0v) is 16.3. The van der Waals surface area contributed by atoms with Crippen molar-refractivity contribution in [1.82, 2.24) is 24.3 Å². The first-order valence-electron chi connectivity index (χ1n) is 9.60. The molecule has 0 aliphatic carbocycles. The van der Waals surface area contributed by atoms with Crippen LogP contribution in [0.2, 0.25) is 0 Å². The fourth-order valence-electron chi connectivity index (χ4n) is 3.52. The van der Waals surface area contributed by atoms with Crippen LogP contribution in [-0.2, 0) is 6.54 Å². The van der Waals surface area contributed by atoms with Gasteiger partial charge in [-0.25, -0.2) is 14.5 Å². The first-order chi connectivity index (χ1) is 15.1. The molecule has 0 bridgehead atoms. The molecule has 0 aliphatic rings. The van der Waals surface area contributed by atoms with E-state index in [0.717, 1.165) is 16.7 Å². The molecule has 0 atom stereocenters. The van der Waals surface area contributed by atoms with E-state index < -0.39 is 5.97 Å². The largest absolute Gasteiger partial charge is 0.478 e. The van der Waals surface area contributed by atoms with E-state index in [-0.39, 0.29) is 17.1 Å². The molecular weight excluding hydrogens is 394 g/mol. The van der Waals surface area contributed by atoms with E-state index in [1.807, 2.05) is 41.1 Å². The van der Waals surface area contributed by atoms with E-state index in [4.69, 9.17) is 5.11 Å². The minimum Gasteiger partial charge on any atom is -0.478 e. The summed E-state index contributed by atoms with van der Waals surface area (Å²) < 4.78 is 3.08. The van der Waals surface area contributed by atoms with Gasteiger partial charge >= 0.3 is 5.97 Å². The third kappa shape index (κ3) is 3.51. The molecule has 5 rings (SSSR count). The van der Waals surface area contributed by atoms with Crippen molar-refractivity contribution in [3.05, 3.63) is 101 Å². The lowest BCUT2D eigenvalue weighted by atomic mass is 10.0. The molecule has 0 radical (unpaired) electrons. The number of aromatic carboxylic acids is 1. The molecule has 31 heavy (non-hydrogen) atoms. The highest BCUT2D eigenvalue weighted by Crippen LogP contribution is 2.20. The number of benzene rings is 2. The zero-order valence-electron chi connectivity index (χ0n) is 16.3. The van der Waals surface area contributed by atoms with Crippen molar-refractivity contribution in [2.24, 2.45) is 0 Å². The molecule has 0 spiro atoms. The molecule has 3 aromatic heterocycles. The Kier molecular flexibility index (Phi) is 4.44. The van der Waals surface area contributed by atoms with Gasteiger partial charge in [0.2, 0.25) is 5.95 Å². The van der Waals surface area contributed by atoms with Gasteiger partial charge in [-0.3, -0.25) is 9.78 Å². The van der Waals surface area contributed by atoms with E-state index >= 15 is 0 Å². The Morgan fingerprint density at radius 3 is 2.45 bits per heavy atom. The number of aromatic amines is 1. The summed E-state index contributed by atoms with van der Waals surface area (Å²) in [5.74, 6) is -0.936. The number of carboxylic acids is 1. The molecule has 3 heterocycles. The van der Waals surface area contributed by atoms with Crippen molar-refractivity contribution in [2.75, 3.05) is 0 Å². The van der Waals surface area contributed by atoms with E-state index in [2.05, 4.69) is 39.3 Å². The second-order valence-corrected chi connectivity index (χ2v) is 7.11. The Bertz CT molecular complexity index is 1450. The summed E-state index contributed by atoms with van der Waals surface area (Å²) >= 11 is 0. The van der Waals surface area contributed by atoms with Gasteiger partial charge < -0.3 is 9.67 Å². The number of hydrogen-bond donors (Lipinski definition) is 2. The number of nitrogens with zero attached hydrogens (tertiary/aromatic N) is 4. The molecule has 0 aliphatic heterocycles. The van der Waals surface area contributed by atoms with E-state index in [9.17, 15) is 9.59 Å². The van der Waals surface area contributed by atoms with Crippen LogP contribution in [0.15, 0.2) is 84.0 Å². The number of hydrogen-bond acceptors (Lipinski definition) is 4. The lowest BCUT2D eigenvalue weighted by Crippen LogP contribution is -2.16. The highest BCUT2D eigenvalue weighted by molar-refractivity contribution is 5.87. The Labute approximate surface area is 176 Å². The minimum atomic E-state index is -1.10. The normalized spacial score (nSPS) is 11.1. The van der Waals surface area contributed by atoms with E-state index in [1.54, 1.807) is 6.07 Å². The number of fused-ring (bicyclic) bond motifs is 1. The van der Waals surface area contributed by atoms with Gasteiger partial charge in [0.15, 0.2) is 0 Å². The molecule has 8 nitrogen and oxygen atoms in total. The van der Waals surface area contributed by atoms with Crippen molar-refractivity contribution in [1.29, 1.82) is 0 Å².